The molecule has 3 heteroatoms. The predicted molar refractivity (Wildman–Crippen MR) is 94.0 cm³/mol. The van der Waals surface area contributed by atoms with Crippen LogP contribution >= 0.6 is 0 Å². The van der Waals surface area contributed by atoms with Gasteiger partial charge in [-0.1, -0.05) is 71.8 Å². The Balaban J connectivity index is 0.000000234. The molecule has 0 aliphatic rings. The van der Waals surface area contributed by atoms with Crippen molar-refractivity contribution in [2.24, 2.45) is 0 Å². The average Bonchev–Trinajstić information content (AvgIpc) is 2.50. The standard InChI is InChI=1S/C11H8O2.C8H10.Na.H/c12-11(13)10-7-3-5-8-4-1-2-6-9(8)10;1-7-3-5-8(2)6-4-7;;/h1-7H,(H,12,13);3-6H,1-2H3;;. The number of hydrogen-bond acceptors (Lipinski definition) is 1. The van der Waals surface area contributed by atoms with Crippen molar-refractivity contribution in [3.05, 3.63) is 83.4 Å². The molecule has 3 rings (SSSR count). The zero-order chi connectivity index (χ0) is 15.2. The van der Waals surface area contributed by atoms with Crippen LogP contribution in [0.2, 0.25) is 0 Å². The summed E-state index contributed by atoms with van der Waals surface area (Å²) in [5.74, 6) is -0.878. The summed E-state index contributed by atoms with van der Waals surface area (Å²) in [4.78, 5) is 10.8. The van der Waals surface area contributed by atoms with Gasteiger partial charge in [-0.2, -0.15) is 0 Å². The third-order valence-electron chi connectivity index (χ3n) is 3.24. The molecule has 0 atom stereocenters. The van der Waals surface area contributed by atoms with E-state index in [0.29, 0.717) is 5.56 Å². The van der Waals surface area contributed by atoms with Crippen molar-refractivity contribution < 1.29 is 9.90 Å². The minimum absolute atomic E-state index is 0. The summed E-state index contributed by atoms with van der Waals surface area (Å²) >= 11 is 0. The second kappa shape index (κ2) is 8.74. The molecule has 0 saturated heterocycles. The van der Waals surface area contributed by atoms with Crippen molar-refractivity contribution in [1.82, 2.24) is 0 Å². The molecule has 0 unspecified atom stereocenters. The third kappa shape index (κ3) is 4.99. The van der Waals surface area contributed by atoms with Gasteiger partial charge < -0.3 is 5.11 Å². The van der Waals surface area contributed by atoms with E-state index in [-0.39, 0.29) is 29.6 Å². The first-order valence-electron chi connectivity index (χ1n) is 6.82. The summed E-state index contributed by atoms with van der Waals surface area (Å²) in [5, 5.41) is 10.6. The fraction of sp³-hybridized carbons (Fsp3) is 0.105. The summed E-state index contributed by atoms with van der Waals surface area (Å²) in [7, 11) is 0. The Morgan fingerprint density at radius 1 is 0.773 bits per heavy atom. The van der Waals surface area contributed by atoms with Gasteiger partial charge in [-0.15, -0.1) is 0 Å². The number of fused-ring (bicyclic) bond motifs is 1. The fourth-order valence-corrected chi connectivity index (χ4v) is 2.05. The first-order valence-corrected chi connectivity index (χ1v) is 6.82. The second-order valence-electron chi connectivity index (χ2n) is 4.99. The number of benzene rings is 3. The van der Waals surface area contributed by atoms with E-state index in [0.717, 1.165) is 10.8 Å². The number of carboxylic acids is 1. The first kappa shape index (κ1) is 18.4. The maximum absolute atomic E-state index is 10.8. The molecule has 0 fully saturated rings. The van der Waals surface area contributed by atoms with Crippen LogP contribution in [0, 0.1) is 13.8 Å². The Kier molecular flexibility index (Phi) is 7.33. The zero-order valence-electron chi connectivity index (χ0n) is 12.2. The summed E-state index contributed by atoms with van der Waals surface area (Å²) in [5.41, 5.74) is 3.02. The zero-order valence-corrected chi connectivity index (χ0v) is 12.2. The molecule has 0 amide bonds. The van der Waals surface area contributed by atoms with Crippen molar-refractivity contribution in [2.75, 3.05) is 0 Å². The normalized spacial score (nSPS) is 9.36. The van der Waals surface area contributed by atoms with Crippen molar-refractivity contribution in [1.29, 1.82) is 0 Å². The number of hydrogen-bond donors (Lipinski definition) is 1. The monoisotopic (exact) mass is 302 g/mol. The minimum atomic E-state index is -0.878. The van der Waals surface area contributed by atoms with Crippen LogP contribution in [0.3, 0.4) is 0 Å². The average molecular weight is 302 g/mol. The van der Waals surface area contributed by atoms with Gasteiger partial charge in [0.15, 0.2) is 0 Å². The molecule has 2 nitrogen and oxygen atoms in total. The van der Waals surface area contributed by atoms with E-state index >= 15 is 0 Å². The van der Waals surface area contributed by atoms with Crippen molar-refractivity contribution in [3.63, 3.8) is 0 Å². The van der Waals surface area contributed by atoms with Crippen LogP contribution in [-0.4, -0.2) is 40.6 Å². The summed E-state index contributed by atoms with van der Waals surface area (Å²) < 4.78 is 0. The molecule has 0 aromatic heterocycles. The van der Waals surface area contributed by atoms with E-state index in [1.165, 1.54) is 11.1 Å². The van der Waals surface area contributed by atoms with Gasteiger partial charge in [0, 0.05) is 0 Å². The Morgan fingerprint density at radius 2 is 1.27 bits per heavy atom. The third-order valence-corrected chi connectivity index (χ3v) is 3.24. The molecule has 3 aromatic rings. The maximum atomic E-state index is 10.8. The van der Waals surface area contributed by atoms with E-state index in [9.17, 15) is 4.79 Å². The van der Waals surface area contributed by atoms with Gasteiger partial charge >= 0.3 is 35.5 Å². The molecule has 0 radical (unpaired) electrons. The molecular formula is C19H19NaO2. The topological polar surface area (TPSA) is 37.3 Å². The molecule has 0 bridgehead atoms. The number of carboxylic acid groups (broad SMARTS) is 1. The van der Waals surface area contributed by atoms with Crippen LogP contribution in [0.25, 0.3) is 10.8 Å². The molecule has 22 heavy (non-hydrogen) atoms. The van der Waals surface area contributed by atoms with Gasteiger partial charge in [0.2, 0.25) is 0 Å². The Hall–Kier alpha value is -1.61. The van der Waals surface area contributed by atoms with Crippen molar-refractivity contribution >= 4 is 46.3 Å². The molecule has 108 valence electrons. The Labute approximate surface area is 153 Å². The van der Waals surface area contributed by atoms with E-state index in [1.807, 2.05) is 30.3 Å². The van der Waals surface area contributed by atoms with Crippen LogP contribution in [0.4, 0.5) is 0 Å². The molecule has 0 spiro atoms. The molecule has 0 saturated carbocycles. The van der Waals surface area contributed by atoms with Crippen molar-refractivity contribution in [3.8, 4) is 0 Å². The number of aromatic carboxylic acids is 1. The second-order valence-corrected chi connectivity index (χ2v) is 4.99. The first-order chi connectivity index (χ1) is 10.1. The predicted octanol–water partition coefficient (Wildman–Crippen LogP) is 4.19. The summed E-state index contributed by atoms with van der Waals surface area (Å²) in [6.07, 6.45) is 0. The van der Waals surface area contributed by atoms with Gasteiger partial charge in [-0.05, 0) is 30.7 Å². The van der Waals surface area contributed by atoms with E-state index < -0.39 is 5.97 Å². The number of rotatable bonds is 1. The van der Waals surface area contributed by atoms with Crippen LogP contribution in [0.15, 0.2) is 66.7 Å². The van der Waals surface area contributed by atoms with E-state index in [2.05, 4.69) is 38.1 Å². The molecule has 0 aliphatic heterocycles. The quantitative estimate of drug-likeness (QED) is 0.684. The van der Waals surface area contributed by atoms with Crippen LogP contribution in [-0.2, 0) is 0 Å². The van der Waals surface area contributed by atoms with E-state index in [4.69, 9.17) is 5.11 Å². The summed E-state index contributed by atoms with van der Waals surface area (Å²) in [6.45, 7) is 4.19. The summed E-state index contributed by atoms with van der Waals surface area (Å²) in [6, 6.07) is 21.2. The van der Waals surface area contributed by atoms with Crippen molar-refractivity contribution in [2.45, 2.75) is 13.8 Å². The van der Waals surface area contributed by atoms with Gasteiger partial charge in [0.05, 0.1) is 5.56 Å². The SMILES string of the molecule is Cc1ccc(C)cc1.O=C(O)c1cccc2ccccc12.[NaH]. The molecule has 0 heterocycles. The number of carbonyl (C=O) groups is 1. The molecule has 1 N–H and O–H groups in total. The van der Waals surface area contributed by atoms with Crippen LogP contribution < -0.4 is 0 Å². The Bertz CT molecular complexity index is 722. The van der Waals surface area contributed by atoms with Gasteiger partial charge in [-0.3, -0.25) is 0 Å². The van der Waals surface area contributed by atoms with Gasteiger partial charge in [0.1, 0.15) is 0 Å². The number of aryl methyl sites for hydroxylation is 2. The van der Waals surface area contributed by atoms with Gasteiger partial charge in [0.25, 0.3) is 0 Å². The molecule has 3 aromatic carbocycles. The van der Waals surface area contributed by atoms with Crippen LogP contribution in [0.1, 0.15) is 21.5 Å². The molecular weight excluding hydrogens is 283 g/mol. The van der Waals surface area contributed by atoms with E-state index in [1.54, 1.807) is 12.1 Å². The van der Waals surface area contributed by atoms with Gasteiger partial charge in [-0.25, -0.2) is 4.79 Å². The van der Waals surface area contributed by atoms with Crippen LogP contribution in [0.5, 0.6) is 0 Å². The fourth-order valence-electron chi connectivity index (χ4n) is 2.05. The Morgan fingerprint density at radius 3 is 1.82 bits per heavy atom. The molecule has 0 aliphatic carbocycles.